The molecule has 1 aromatic rings. The topological polar surface area (TPSA) is 12.9 Å². The first-order chi connectivity index (χ1) is 12.9. The second-order valence-corrected chi connectivity index (χ2v) is 11.7. The lowest BCUT2D eigenvalue weighted by molar-refractivity contribution is 0.159. The third kappa shape index (κ3) is 4.79. The smallest absolute Gasteiger partial charge is 0.0270 e. The van der Waals surface area contributed by atoms with E-state index < -0.39 is 0 Å². The van der Waals surface area contributed by atoms with Crippen molar-refractivity contribution in [3.8, 4) is 0 Å². The summed E-state index contributed by atoms with van der Waals surface area (Å²) < 4.78 is 0. The van der Waals surface area contributed by atoms with Gasteiger partial charge in [0.2, 0.25) is 0 Å². The highest BCUT2D eigenvalue weighted by Crippen LogP contribution is 2.55. The number of rotatable bonds is 9. The molecule has 156 valence electrons. The van der Waals surface area contributed by atoms with Crippen molar-refractivity contribution in [2.45, 2.75) is 85.7 Å². The van der Waals surface area contributed by atoms with E-state index in [9.17, 15) is 0 Å². The van der Waals surface area contributed by atoms with Crippen LogP contribution in [-0.2, 0) is 0 Å². The average molecular weight is 400 g/mol. The predicted molar refractivity (Wildman–Crippen MR) is 128 cm³/mol. The van der Waals surface area contributed by atoms with Crippen molar-refractivity contribution in [2.75, 3.05) is 0 Å². The van der Waals surface area contributed by atoms with Crippen LogP contribution < -0.4 is 0 Å². The van der Waals surface area contributed by atoms with E-state index in [2.05, 4.69) is 100.0 Å². The fourth-order valence-electron chi connectivity index (χ4n) is 4.95. The Morgan fingerprint density at radius 1 is 1.11 bits per heavy atom. The van der Waals surface area contributed by atoms with Crippen LogP contribution in [0.3, 0.4) is 0 Å². The highest BCUT2D eigenvalue weighted by Gasteiger charge is 2.46. The summed E-state index contributed by atoms with van der Waals surface area (Å²) in [6.07, 6.45) is 14.5. The molecule has 1 aliphatic carbocycles. The van der Waals surface area contributed by atoms with Gasteiger partial charge in [-0.05, 0) is 58.9 Å². The van der Waals surface area contributed by atoms with E-state index in [4.69, 9.17) is 0 Å². The van der Waals surface area contributed by atoms with Gasteiger partial charge in [-0.1, -0.05) is 85.6 Å². The van der Waals surface area contributed by atoms with E-state index in [1.54, 1.807) is 5.57 Å². The molecule has 0 radical (unpaired) electrons. The minimum atomic E-state index is 0.105. The minimum Gasteiger partial charge on any atom is -0.265 e. The van der Waals surface area contributed by atoms with Crippen LogP contribution in [0.4, 0.5) is 0 Å². The van der Waals surface area contributed by atoms with Crippen molar-refractivity contribution in [1.82, 2.24) is 4.98 Å². The van der Waals surface area contributed by atoms with E-state index in [1.807, 2.05) is 12.4 Å². The van der Waals surface area contributed by atoms with Gasteiger partial charge in [-0.15, -0.1) is 9.24 Å². The van der Waals surface area contributed by atoms with Gasteiger partial charge in [0.15, 0.2) is 0 Å². The van der Waals surface area contributed by atoms with Crippen molar-refractivity contribution in [3.05, 3.63) is 53.9 Å². The van der Waals surface area contributed by atoms with Crippen LogP contribution >= 0.6 is 9.24 Å². The largest absolute Gasteiger partial charge is 0.265 e. The number of allylic oxidation sites excluding steroid dienone is 4. The highest BCUT2D eigenvalue weighted by atomic mass is 31.0. The molecular formula is C26H42NP. The second kappa shape index (κ2) is 8.83. The van der Waals surface area contributed by atoms with Crippen LogP contribution in [0.1, 0.15) is 86.1 Å². The molecule has 1 nitrogen and oxygen atoms in total. The summed E-state index contributed by atoms with van der Waals surface area (Å²) in [6, 6.07) is 4.43. The number of aromatic nitrogens is 1. The predicted octanol–water partition coefficient (Wildman–Crippen LogP) is 7.81. The molecule has 28 heavy (non-hydrogen) atoms. The number of hydrogen-bond donors (Lipinski definition) is 0. The molecule has 2 rings (SSSR count). The average Bonchev–Trinajstić information content (AvgIpc) is 2.96. The van der Waals surface area contributed by atoms with Crippen LogP contribution in [0.2, 0.25) is 0 Å². The number of pyridine rings is 1. The molecule has 4 unspecified atom stereocenters. The molecule has 0 fully saturated rings. The summed E-state index contributed by atoms with van der Waals surface area (Å²) in [6.45, 7) is 19.2. The lowest BCUT2D eigenvalue weighted by Gasteiger charge is -2.50. The first kappa shape index (κ1) is 23.3. The molecule has 0 spiro atoms. The van der Waals surface area contributed by atoms with E-state index in [1.165, 1.54) is 24.8 Å². The molecule has 0 saturated carbocycles. The normalized spacial score (nSPS) is 20.7. The van der Waals surface area contributed by atoms with Gasteiger partial charge in [0.05, 0.1) is 0 Å². The van der Waals surface area contributed by atoms with Gasteiger partial charge in [-0.25, -0.2) is 0 Å². The lowest BCUT2D eigenvalue weighted by Crippen LogP contribution is -2.44. The monoisotopic (exact) mass is 399 g/mol. The van der Waals surface area contributed by atoms with Crippen LogP contribution in [-0.4, -0.2) is 10.1 Å². The maximum atomic E-state index is 4.25. The Bertz CT molecular complexity index is 694. The Labute approximate surface area is 176 Å². The summed E-state index contributed by atoms with van der Waals surface area (Å²) >= 11 is 0. The van der Waals surface area contributed by atoms with Crippen molar-refractivity contribution < 1.29 is 0 Å². The highest BCUT2D eigenvalue weighted by molar-refractivity contribution is 7.19. The minimum absolute atomic E-state index is 0.105. The van der Waals surface area contributed by atoms with Crippen molar-refractivity contribution >= 4 is 9.24 Å². The Balaban J connectivity index is 2.36. The van der Waals surface area contributed by atoms with Crippen LogP contribution in [0, 0.1) is 22.7 Å². The molecule has 0 bridgehead atoms. The van der Waals surface area contributed by atoms with E-state index in [-0.39, 0.29) is 16.0 Å². The molecule has 0 aliphatic heterocycles. The summed E-state index contributed by atoms with van der Waals surface area (Å²) in [5, 5.41) is 0.105. The zero-order valence-corrected chi connectivity index (χ0v) is 20.6. The Hall–Kier alpha value is -0.940. The van der Waals surface area contributed by atoms with Crippen LogP contribution in [0.25, 0.3) is 0 Å². The molecule has 0 N–H and O–H groups in total. The van der Waals surface area contributed by atoms with E-state index >= 15 is 0 Å². The summed E-state index contributed by atoms with van der Waals surface area (Å²) in [5.74, 6) is 1.74. The van der Waals surface area contributed by atoms with Gasteiger partial charge in [0.1, 0.15) is 0 Å². The maximum Gasteiger partial charge on any atom is 0.0270 e. The fraction of sp³-hybridized carbons (Fsp3) is 0.654. The van der Waals surface area contributed by atoms with Crippen LogP contribution in [0.5, 0.6) is 0 Å². The fourth-order valence-corrected chi connectivity index (χ4v) is 5.43. The van der Waals surface area contributed by atoms with Gasteiger partial charge in [0, 0.05) is 17.8 Å². The Morgan fingerprint density at radius 3 is 2.18 bits per heavy atom. The number of nitrogens with zero attached hydrogens (tertiary/aromatic N) is 1. The van der Waals surface area contributed by atoms with Crippen molar-refractivity contribution in [3.63, 3.8) is 0 Å². The lowest BCUT2D eigenvalue weighted by atomic mass is 9.61. The molecular weight excluding hydrogens is 357 g/mol. The standard InChI is InChI=1S/C26H42NP/c1-9-11-22(20-13-16-27-17-14-20)26(8,28)25(6,7)18-21(19(2)3)23-12-10-15-24(23,4)5/h10,12-17,19,21-22H,9,11,18,28H2,1-8H3. The van der Waals surface area contributed by atoms with Gasteiger partial charge in [-0.3, -0.25) is 4.98 Å². The zero-order chi connectivity index (χ0) is 21.2. The van der Waals surface area contributed by atoms with E-state index in [0.717, 1.165) is 0 Å². The third-order valence-electron chi connectivity index (χ3n) is 7.34. The maximum absolute atomic E-state index is 4.25. The Kier molecular flexibility index (Phi) is 7.36. The number of hydrogen-bond acceptors (Lipinski definition) is 1. The second-order valence-electron chi connectivity index (χ2n) is 10.5. The molecule has 0 aromatic carbocycles. The SMILES string of the molecule is CCCC(c1ccncc1)C(C)(P)C(C)(C)CC(C1=CC=CC1(C)C)C(C)C. The molecule has 0 amide bonds. The zero-order valence-electron chi connectivity index (χ0n) is 19.4. The summed E-state index contributed by atoms with van der Waals surface area (Å²) in [5.41, 5.74) is 3.38. The van der Waals surface area contributed by atoms with E-state index in [0.29, 0.717) is 17.8 Å². The van der Waals surface area contributed by atoms with Crippen molar-refractivity contribution in [2.24, 2.45) is 22.7 Å². The van der Waals surface area contributed by atoms with Gasteiger partial charge in [-0.2, -0.15) is 0 Å². The molecule has 1 aromatic heterocycles. The molecule has 4 atom stereocenters. The van der Waals surface area contributed by atoms with Gasteiger partial charge >= 0.3 is 0 Å². The molecule has 0 saturated heterocycles. The summed E-state index contributed by atoms with van der Waals surface area (Å²) in [4.78, 5) is 4.25. The molecule has 2 heteroatoms. The first-order valence-corrected chi connectivity index (χ1v) is 11.6. The van der Waals surface area contributed by atoms with Crippen LogP contribution in [0.15, 0.2) is 48.3 Å². The third-order valence-corrected chi connectivity index (χ3v) is 8.52. The quantitative estimate of drug-likeness (QED) is 0.386. The summed E-state index contributed by atoms with van der Waals surface area (Å²) in [7, 11) is 3.28. The van der Waals surface area contributed by atoms with Gasteiger partial charge in [0.25, 0.3) is 0 Å². The molecule has 1 heterocycles. The Morgan fingerprint density at radius 2 is 1.71 bits per heavy atom. The van der Waals surface area contributed by atoms with Crippen molar-refractivity contribution in [1.29, 1.82) is 0 Å². The molecule has 1 aliphatic rings. The van der Waals surface area contributed by atoms with Gasteiger partial charge < -0.3 is 0 Å². The first-order valence-electron chi connectivity index (χ1n) is 11.0.